The summed E-state index contributed by atoms with van der Waals surface area (Å²) < 4.78 is 0. The lowest BCUT2D eigenvalue weighted by atomic mass is 9.87. The summed E-state index contributed by atoms with van der Waals surface area (Å²) in [5.41, 5.74) is 10.4. The molecule has 0 aromatic heterocycles. The van der Waals surface area contributed by atoms with Gasteiger partial charge in [-0.2, -0.15) is 0 Å². The molecule has 0 saturated carbocycles. The molecule has 2 rings (SSSR count). The van der Waals surface area contributed by atoms with Gasteiger partial charge in [0, 0.05) is 12.6 Å². The van der Waals surface area contributed by atoms with Crippen LogP contribution in [-0.2, 0) is 13.0 Å². The lowest BCUT2D eigenvalue weighted by Crippen LogP contribution is -2.19. The summed E-state index contributed by atoms with van der Waals surface area (Å²) in [6.45, 7) is 6.62. The maximum atomic E-state index is 6.14. The molecule has 1 unspecified atom stereocenters. The lowest BCUT2D eigenvalue weighted by Gasteiger charge is -2.22. The van der Waals surface area contributed by atoms with E-state index in [0.29, 0.717) is 0 Å². The molecule has 3 N–H and O–H groups in total. The Bertz CT molecular complexity index is 385. The third-order valence-electron chi connectivity index (χ3n) is 3.80. The predicted molar refractivity (Wildman–Crippen MR) is 77.5 cm³/mol. The Morgan fingerprint density at radius 2 is 2.22 bits per heavy atom. The Morgan fingerprint density at radius 3 is 3.00 bits per heavy atom. The van der Waals surface area contributed by atoms with Crippen LogP contribution in [-0.4, -0.2) is 6.54 Å². The Hall–Kier alpha value is -0.860. The summed E-state index contributed by atoms with van der Waals surface area (Å²) in [4.78, 5) is 0. The van der Waals surface area contributed by atoms with Gasteiger partial charge in [-0.05, 0) is 54.8 Å². The van der Waals surface area contributed by atoms with Crippen molar-refractivity contribution in [3.8, 4) is 0 Å². The average Bonchev–Trinajstić information content (AvgIpc) is 2.35. The van der Waals surface area contributed by atoms with Crippen LogP contribution in [0.4, 0.5) is 0 Å². The van der Waals surface area contributed by atoms with Crippen LogP contribution in [0.25, 0.3) is 0 Å². The van der Waals surface area contributed by atoms with Crippen molar-refractivity contribution in [2.24, 2.45) is 11.7 Å². The molecule has 1 aliphatic carbocycles. The van der Waals surface area contributed by atoms with Crippen LogP contribution in [0.2, 0.25) is 0 Å². The molecule has 0 bridgehead atoms. The summed E-state index contributed by atoms with van der Waals surface area (Å²) in [6, 6.07) is 7.07. The van der Waals surface area contributed by atoms with E-state index >= 15 is 0 Å². The molecule has 0 spiro atoms. The van der Waals surface area contributed by atoms with Crippen LogP contribution in [0.1, 0.15) is 55.8 Å². The van der Waals surface area contributed by atoms with Gasteiger partial charge in [-0.15, -0.1) is 0 Å². The largest absolute Gasteiger partial charge is 0.324 e. The van der Waals surface area contributed by atoms with Crippen molar-refractivity contribution in [1.82, 2.24) is 5.32 Å². The highest BCUT2D eigenvalue weighted by Gasteiger charge is 2.16. The molecule has 1 aliphatic rings. The first kappa shape index (κ1) is 13.6. The van der Waals surface area contributed by atoms with Crippen molar-refractivity contribution in [2.45, 2.75) is 52.1 Å². The summed E-state index contributed by atoms with van der Waals surface area (Å²) in [6.07, 6.45) is 4.82. The van der Waals surface area contributed by atoms with Gasteiger partial charge in [0.25, 0.3) is 0 Å². The summed E-state index contributed by atoms with van der Waals surface area (Å²) in [5.74, 6) is 0.777. The molecule has 0 amide bonds. The van der Waals surface area contributed by atoms with E-state index in [1.165, 1.54) is 36.0 Å². The Balaban J connectivity index is 1.90. The van der Waals surface area contributed by atoms with E-state index in [9.17, 15) is 0 Å². The third kappa shape index (κ3) is 3.56. The summed E-state index contributed by atoms with van der Waals surface area (Å²) in [7, 11) is 0. The SMILES string of the molecule is CC(C)CCNCc1ccc2c(c1)CCCC2N. The molecule has 0 heterocycles. The fraction of sp³-hybridized carbons (Fsp3) is 0.625. The van der Waals surface area contributed by atoms with E-state index in [4.69, 9.17) is 5.73 Å². The minimum absolute atomic E-state index is 0.261. The highest BCUT2D eigenvalue weighted by atomic mass is 14.8. The molecular weight excluding hydrogens is 220 g/mol. The second-order valence-electron chi connectivity index (χ2n) is 5.89. The number of fused-ring (bicyclic) bond motifs is 1. The van der Waals surface area contributed by atoms with E-state index in [2.05, 4.69) is 37.4 Å². The third-order valence-corrected chi connectivity index (χ3v) is 3.80. The molecule has 18 heavy (non-hydrogen) atoms. The molecule has 0 fully saturated rings. The lowest BCUT2D eigenvalue weighted by molar-refractivity contribution is 0.536. The second kappa shape index (κ2) is 6.35. The average molecular weight is 246 g/mol. The normalized spacial score (nSPS) is 19.0. The molecule has 2 heteroatoms. The van der Waals surface area contributed by atoms with Crippen molar-refractivity contribution >= 4 is 0 Å². The zero-order chi connectivity index (χ0) is 13.0. The fourth-order valence-electron chi connectivity index (χ4n) is 2.64. The number of nitrogens with one attached hydrogen (secondary N) is 1. The molecule has 0 aliphatic heterocycles. The number of nitrogens with two attached hydrogens (primary N) is 1. The van der Waals surface area contributed by atoms with Crippen molar-refractivity contribution < 1.29 is 0 Å². The zero-order valence-electron chi connectivity index (χ0n) is 11.7. The highest BCUT2D eigenvalue weighted by molar-refractivity contribution is 5.35. The van der Waals surface area contributed by atoms with Crippen LogP contribution in [0.3, 0.4) is 0 Å². The van der Waals surface area contributed by atoms with Crippen molar-refractivity contribution in [3.05, 3.63) is 34.9 Å². The van der Waals surface area contributed by atoms with Gasteiger partial charge in [0.1, 0.15) is 0 Å². The summed E-state index contributed by atoms with van der Waals surface area (Å²) in [5, 5.41) is 3.52. The second-order valence-corrected chi connectivity index (χ2v) is 5.89. The van der Waals surface area contributed by atoms with Crippen molar-refractivity contribution in [3.63, 3.8) is 0 Å². The standard InChI is InChI=1S/C16H26N2/c1-12(2)8-9-18-11-13-6-7-15-14(10-13)4-3-5-16(15)17/h6-7,10,12,16,18H,3-5,8-9,11,17H2,1-2H3. The predicted octanol–water partition coefficient (Wildman–Crippen LogP) is 3.16. The van der Waals surface area contributed by atoms with Crippen LogP contribution in [0.15, 0.2) is 18.2 Å². The van der Waals surface area contributed by atoms with Gasteiger partial charge in [0.2, 0.25) is 0 Å². The quantitative estimate of drug-likeness (QED) is 0.783. The topological polar surface area (TPSA) is 38.0 Å². The highest BCUT2D eigenvalue weighted by Crippen LogP contribution is 2.28. The Labute approximate surface area is 111 Å². The molecular formula is C16H26N2. The molecule has 1 atom stereocenters. The minimum atomic E-state index is 0.261. The number of hydrogen-bond acceptors (Lipinski definition) is 2. The first-order valence-electron chi connectivity index (χ1n) is 7.25. The van der Waals surface area contributed by atoms with E-state index in [1.54, 1.807) is 0 Å². The summed E-state index contributed by atoms with van der Waals surface area (Å²) >= 11 is 0. The van der Waals surface area contributed by atoms with E-state index in [0.717, 1.165) is 25.4 Å². The van der Waals surface area contributed by atoms with Crippen molar-refractivity contribution in [2.75, 3.05) is 6.54 Å². The molecule has 1 aromatic carbocycles. The molecule has 0 radical (unpaired) electrons. The molecule has 100 valence electrons. The number of rotatable bonds is 5. The minimum Gasteiger partial charge on any atom is -0.324 e. The van der Waals surface area contributed by atoms with Crippen LogP contribution < -0.4 is 11.1 Å². The Kier molecular flexibility index (Phi) is 4.79. The van der Waals surface area contributed by atoms with Gasteiger partial charge < -0.3 is 11.1 Å². The van der Waals surface area contributed by atoms with Gasteiger partial charge in [0.15, 0.2) is 0 Å². The zero-order valence-corrected chi connectivity index (χ0v) is 11.7. The first-order chi connectivity index (χ1) is 8.66. The number of benzene rings is 1. The van der Waals surface area contributed by atoms with Crippen LogP contribution >= 0.6 is 0 Å². The van der Waals surface area contributed by atoms with Gasteiger partial charge in [-0.25, -0.2) is 0 Å². The van der Waals surface area contributed by atoms with E-state index in [1.807, 2.05) is 0 Å². The van der Waals surface area contributed by atoms with Gasteiger partial charge in [-0.1, -0.05) is 32.0 Å². The Morgan fingerprint density at radius 1 is 1.39 bits per heavy atom. The molecule has 0 saturated heterocycles. The van der Waals surface area contributed by atoms with Crippen LogP contribution in [0, 0.1) is 5.92 Å². The number of aryl methyl sites for hydroxylation is 1. The molecule has 1 aromatic rings. The monoisotopic (exact) mass is 246 g/mol. The first-order valence-corrected chi connectivity index (χ1v) is 7.25. The van der Waals surface area contributed by atoms with Crippen LogP contribution in [0.5, 0.6) is 0 Å². The fourth-order valence-corrected chi connectivity index (χ4v) is 2.64. The van der Waals surface area contributed by atoms with E-state index in [-0.39, 0.29) is 6.04 Å². The maximum absolute atomic E-state index is 6.14. The van der Waals surface area contributed by atoms with Crippen molar-refractivity contribution in [1.29, 1.82) is 0 Å². The van der Waals surface area contributed by atoms with Gasteiger partial charge >= 0.3 is 0 Å². The smallest absolute Gasteiger partial charge is 0.0297 e. The molecule has 2 nitrogen and oxygen atoms in total. The maximum Gasteiger partial charge on any atom is 0.0297 e. The number of hydrogen-bond donors (Lipinski definition) is 2. The van der Waals surface area contributed by atoms with Gasteiger partial charge in [0.05, 0.1) is 0 Å². The van der Waals surface area contributed by atoms with Gasteiger partial charge in [-0.3, -0.25) is 0 Å². The van der Waals surface area contributed by atoms with E-state index < -0.39 is 0 Å².